The number of nitrogens with two attached hydrogens (primary N) is 1. The number of carbonyl (C=O) groups excluding carboxylic acids is 2. The van der Waals surface area contributed by atoms with Crippen LogP contribution >= 0.6 is 0 Å². The number of amides is 3. The number of rotatable bonds is 7. The van der Waals surface area contributed by atoms with E-state index in [-0.39, 0.29) is 12.5 Å². The van der Waals surface area contributed by atoms with Crippen LogP contribution in [0.4, 0.5) is 4.79 Å². The van der Waals surface area contributed by atoms with Crippen molar-refractivity contribution < 1.29 is 9.59 Å². The molecule has 3 amide bonds. The van der Waals surface area contributed by atoms with Gasteiger partial charge in [0, 0.05) is 13.1 Å². The number of primary amides is 1. The molecule has 6 nitrogen and oxygen atoms in total. The Morgan fingerprint density at radius 1 is 1.20 bits per heavy atom. The standard InChI is InChI=1S/C9H20N4O2/c1-3-13(4-2)6-5-11-8(14)7-12-9(10)15/h3-7H2,1-2H3,(H,11,14)(H3,10,12,15). The monoisotopic (exact) mass is 216 g/mol. The fourth-order valence-corrected chi connectivity index (χ4v) is 1.12. The van der Waals surface area contributed by atoms with Gasteiger partial charge in [-0.2, -0.15) is 0 Å². The van der Waals surface area contributed by atoms with Crippen molar-refractivity contribution in [1.82, 2.24) is 15.5 Å². The Labute approximate surface area is 90.2 Å². The lowest BCUT2D eigenvalue weighted by molar-refractivity contribution is -0.120. The van der Waals surface area contributed by atoms with E-state index >= 15 is 0 Å². The van der Waals surface area contributed by atoms with E-state index < -0.39 is 6.03 Å². The highest BCUT2D eigenvalue weighted by atomic mass is 16.2. The minimum atomic E-state index is -0.686. The first-order chi connectivity index (χ1) is 7.10. The molecule has 0 saturated heterocycles. The molecule has 15 heavy (non-hydrogen) atoms. The van der Waals surface area contributed by atoms with Crippen LogP contribution in [0.5, 0.6) is 0 Å². The molecule has 0 spiro atoms. The second-order valence-corrected chi connectivity index (χ2v) is 3.09. The minimum Gasteiger partial charge on any atom is -0.353 e. The van der Waals surface area contributed by atoms with Crippen LogP contribution in [0, 0.1) is 0 Å². The third kappa shape index (κ3) is 7.75. The van der Waals surface area contributed by atoms with E-state index in [1.807, 2.05) is 0 Å². The van der Waals surface area contributed by atoms with Gasteiger partial charge in [0.1, 0.15) is 0 Å². The van der Waals surface area contributed by atoms with Gasteiger partial charge >= 0.3 is 6.03 Å². The number of likely N-dealkylation sites (N-methyl/N-ethyl adjacent to an activating group) is 1. The maximum atomic E-state index is 11.1. The Kier molecular flexibility index (Phi) is 7.35. The quantitative estimate of drug-likeness (QED) is 0.516. The van der Waals surface area contributed by atoms with Crippen molar-refractivity contribution in [3.8, 4) is 0 Å². The molecule has 0 atom stereocenters. The molecule has 0 fully saturated rings. The molecule has 0 unspecified atom stereocenters. The van der Waals surface area contributed by atoms with Crippen molar-refractivity contribution in [2.24, 2.45) is 5.73 Å². The molecular formula is C9H20N4O2. The molecule has 0 aromatic carbocycles. The fraction of sp³-hybridized carbons (Fsp3) is 0.778. The molecule has 0 bridgehead atoms. The lowest BCUT2D eigenvalue weighted by atomic mass is 10.4. The summed E-state index contributed by atoms with van der Waals surface area (Å²) in [4.78, 5) is 23.6. The summed E-state index contributed by atoms with van der Waals surface area (Å²) >= 11 is 0. The molecule has 0 rings (SSSR count). The van der Waals surface area contributed by atoms with Gasteiger partial charge < -0.3 is 21.3 Å². The number of hydrogen-bond acceptors (Lipinski definition) is 3. The maximum Gasteiger partial charge on any atom is 0.312 e. The molecule has 88 valence electrons. The molecule has 0 saturated carbocycles. The number of carbonyl (C=O) groups is 2. The lowest BCUT2D eigenvalue weighted by Gasteiger charge is -2.17. The minimum absolute atomic E-state index is 0.0619. The highest BCUT2D eigenvalue weighted by Crippen LogP contribution is 1.83. The molecule has 0 aromatic rings. The second kappa shape index (κ2) is 8.05. The Bertz CT molecular complexity index is 204. The van der Waals surface area contributed by atoms with Crippen LogP contribution in [0.2, 0.25) is 0 Å². The molecule has 0 aliphatic carbocycles. The zero-order chi connectivity index (χ0) is 11.7. The van der Waals surface area contributed by atoms with Gasteiger partial charge in [-0.05, 0) is 13.1 Å². The Balaban J connectivity index is 3.49. The summed E-state index contributed by atoms with van der Waals surface area (Å²) in [5, 5.41) is 4.91. The summed E-state index contributed by atoms with van der Waals surface area (Å²) in [6.45, 7) is 7.40. The average Bonchev–Trinajstić information content (AvgIpc) is 2.21. The fourth-order valence-electron chi connectivity index (χ4n) is 1.12. The van der Waals surface area contributed by atoms with Crippen LogP contribution in [0.3, 0.4) is 0 Å². The Morgan fingerprint density at radius 2 is 1.80 bits per heavy atom. The van der Waals surface area contributed by atoms with Crippen LogP contribution in [0.15, 0.2) is 0 Å². The van der Waals surface area contributed by atoms with E-state index in [1.54, 1.807) is 0 Å². The second-order valence-electron chi connectivity index (χ2n) is 3.09. The Morgan fingerprint density at radius 3 is 2.27 bits per heavy atom. The highest BCUT2D eigenvalue weighted by molar-refractivity contribution is 5.83. The van der Waals surface area contributed by atoms with Crippen molar-refractivity contribution in [3.63, 3.8) is 0 Å². The van der Waals surface area contributed by atoms with Gasteiger partial charge in [0.2, 0.25) is 5.91 Å². The van der Waals surface area contributed by atoms with Gasteiger partial charge in [0.05, 0.1) is 6.54 Å². The van der Waals surface area contributed by atoms with E-state index in [0.717, 1.165) is 19.6 Å². The molecule has 0 aromatic heterocycles. The predicted molar refractivity (Wildman–Crippen MR) is 58.4 cm³/mol. The summed E-state index contributed by atoms with van der Waals surface area (Å²) < 4.78 is 0. The largest absolute Gasteiger partial charge is 0.353 e. The number of hydrogen-bond donors (Lipinski definition) is 3. The molecule has 0 heterocycles. The van der Waals surface area contributed by atoms with Crippen LogP contribution in [-0.2, 0) is 4.79 Å². The van der Waals surface area contributed by atoms with Gasteiger partial charge in [-0.1, -0.05) is 13.8 Å². The van der Waals surface area contributed by atoms with E-state index in [9.17, 15) is 9.59 Å². The summed E-state index contributed by atoms with van der Waals surface area (Å²) in [6, 6.07) is -0.686. The van der Waals surface area contributed by atoms with Crippen LogP contribution in [0.1, 0.15) is 13.8 Å². The van der Waals surface area contributed by atoms with Gasteiger partial charge in [-0.15, -0.1) is 0 Å². The summed E-state index contributed by atoms with van der Waals surface area (Å²) in [7, 11) is 0. The normalized spacial score (nSPS) is 10.1. The topological polar surface area (TPSA) is 87.5 Å². The first-order valence-corrected chi connectivity index (χ1v) is 5.12. The molecule has 0 aliphatic heterocycles. The van der Waals surface area contributed by atoms with Crippen molar-refractivity contribution in [2.75, 3.05) is 32.7 Å². The van der Waals surface area contributed by atoms with Crippen molar-refractivity contribution in [2.45, 2.75) is 13.8 Å². The van der Waals surface area contributed by atoms with Crippen molar-refractivity contribution in [1.29, 1.82) is 0 Å². The van der Waals surface area contributed by atoms with Crippen LogP contribution in [-0.4, -0.2) is 49.6 Å². The van der Waals surface area contributed by atoms with Crippen LogP contribution in [0.25, 0.3) is 0 Å². The third-order valence-electron chi connectivity index (χ3n) is 2.07. The van der Waals surface area contributed by atoms with E-state index in [4.69, 9.17) is 5.73 Å². The van der Waals surface area contributed by atoms with Gasteiger partial charge in [-0.25, -0.2) is 4.79 Å². The SMILES string of the molecule is CCN(CC)CCNC(=O)CNC(N)=O. The van der Waals surface area contributed by atoms with E-state index in [1.165, 1.54) is 0 Å². The lowest BCUT2D eigenvalue weighted by Crippen LogP contribution is -2.41. The average molecular weight is 216 g/mol. The summed E-state index contributed by atoms with van der Waals surface area (Å²) in [5.41, 5.74) is 4.82. The van der Waals surface area contributed by atoms with Gasteiger partial charge in [0.15, 0.2) is 0 Å². The van der Waals surface area contributed by atoms with E-state index in [0.29, 0.717) is 6.54 Å². The Hall–Kier alpha value is -1.30. The predicted octanol–water partition coefficient (Wildman–Crippen LogP) is -0.887. The number of nitrogens with one attached hydrogen (secondary N) is 2. The van der Waals surface area contributed by atoms with Crippen molar-refractivity contribution in [3.05, 3.63) is 0 Å². The molecule has 0 radical (unpaired) electrons. The first-order valence-electron chi connectivity index (χ1n) is 5.12. The van der Waals surface area contributed by atoms with Gasteiger partial charge in [-0.3, -0.25) is 4.79 Å². The summed E-state index contributed by atoms with van der Waals surface area (Å²) in [5.74, 6) is -0.221. The molecule has 4 N–H and O–H groups in total. The smallest absolute Gasteiger partial charge is 0.312 e. The van der Waals surface area contributed by atoms with Gasteiger partial charge in [0.25, 0.3) is 0 Å². The highest BCUT2D eigenvalue weighted by Gasteiger charge is 2.03. The number of urea groups is 1. The molecule has 0 aliphatic rings. The molecule has 6 heteroatoms. The van der Waals surface area contributed by atoms with Crippen LogP contribution < -0.4 is 16.4 Å². The zero-order valence-corrected chi connectivity index (χ0v) is 9.38. The molecular weight excluding hydrogens is 196 g/mol. The van der Waals surface area contributed by atoms with Crippen molar-refractivity contribution >= 4 is 11.9 Å². The van der Waals surface area contributed by atoms with E-state index in [2.05, 4.69) is 29.4 Å². The number of nitrogens with zero attached hydrogens (tertiary/aromatic N) is 1. The third-order valence-corrected chi connectivity index (χ3v) is 2.07. The zero-order valence-electron chi connectivity index (χ0n) is 9.38. The first kappa shape index (κ1) is 13.7. The summed E-state index contributed by atoms with van der Waals surface area (Å²) in [6.07, 6.45) is 0. The maximum absolute atomic E-state index is 11.1.